The van der Waals surface area contributed by atoms with E-state index in [1.807, 2.05) is 19.1 Å². The molecule has 0 bridgehead atoms. The predicted molar refractivity (Wildman–Crippen MR) is 65.4 cm³/mol. The number of anilines is 2. The van der Waals surface area contributed by atoms with Gasteiger partial charge in [0.05, 0.1) is 5.69 Å². The molecule has 0 saturated heterocycles. The van der Waals surface area contributed by atoms with E-state index < -0.39 is 10.8 Å². The molecule has 0 fully saturated rings. The quantitative estimate of drug-likeness (QED) is 0.741. The SMILES string of the molecule is Cc1ccc(N)c(NCCCS(C)=O)n1. The lowest BCUT2D eigenvalue weighted by Gasteiger charge is -2.08. The van der Waals surface area contributed by atoms with Crippen LogP contribution >= 0.6 is 0 Å². The van der Waals surface area contributed by atoms with Crippen molar-refractivity contribution < 1.29 is 4.21 Å². The fraction of sp³-hybridized carbons (Fsp3) is 0.500. The van der Waals surface area contributed by atoms with Gasteiger partial charge in [0.2, 0.25) is 0 Å². The Hall–Kier alpha value is -1.10. The third-order valence-corrected chi connectivity index (χ3v) is 2.83. The molecule has 1 unspecified atom stereocenters. The number of pyridine rings is 1. The average molecular weight is 227 g/mol. The first-order valence-electron chi connectivity index (χ1n) is 4.86. The Morgan fingerprint density at radius 2 is 2.27 bits per heavy atom. The van der Waals surface area contributed by atoms with E-state index in [2.05, 4.69) is 10.3 Å². The van der Waals surface area contributed by atoms with Crippen LogP contribution in [0, 0.1) is 6.92 Å². The highest BCUT2D eigenvalue weighted by atomic mass is 32.2. The predicted octanol–water partition coefficient (Wildman–Crippen LogP) is 1.15. The first kappa shape index (κ1) is 12.0. The van der Waals surface area contributed by atoms with Gasteiger partial charge in [0.15, 0.2) is 0 Å². The molecule has 3 N–H and O–H groups in total. The molecule has 1 heterocycles. The largest absolute Gasteiger partial charge is 0.396 e. The molecule has 15 heavy (non-hydrogen) atoms. The second-order valence-corrected chi connectivity index (χ2v) is 5.00. The summed E-state index contributed by atoms with van der Waals surface area (Å²) in [6.45, 7) is 2.67. The Balaban J connectivity index is 2.43. The first-order chi connectivity index (χ1) is 7.09. The maximum Gasteiger partial charge on any atom is 0.149 e. The van der Waals surface area contributed by atoms with E-state index in [0.717, 1.165) is 24.5 Å². The lowest BCUT2D eigenvalue weighted by Crippen LogP contribution is -2.09. The molecule has 0 radical (unpaired) electrons. The normalized spacial score (nSPS) is 12.4. The molecule has 4 nitrogen and oxygen atoms in total. The minimum absolute atomic E-state index is 0.651. The van der Waals surface area contributed by atoms with Gasteiger partial charge in [-0.2, -0.15) is 0 Å². The van der Waals surface area contributed by atoms with Crippen molar-refractivity contribution in [2.75, 3.05) is 29.6 Å². The van der Waals surface area contributed by atoms with Gasteiger partial charge in [-0.15, -0.1) is 0 Å². The number of nitrogens with zero attached hydrogens (tertiary/aromatic N) is 1. The van der Waals surface area contributed by atoms with Crippen LogP contribution in [0.5, 0.6) is 0 Å². The minimum Gasteiger partial charge on any atom is -0.396 e. The van der Waals surface area contributed by atoms with Gasteiger partial charge in [-0.25, -0.2) is 4.98 Å². The van der Waals surface area contributed by atoms with Gasteiger partial charge in [-0.1, -0.05) is 0 Å². The highest BCUT2D eigenvalue weighted by Crippen LogP contribution is 2.14. The average Bonchev–Trinajstić information content (AvgIpc) is 2.17. The van der Waals surface area contributed by atoms with E-state index in [4.69, 9.17) is 5.73 Å². The zero-order valence-corrected chi connectivity index (χ0v) is 9.93. The van der Waals surface area contributed by atoms with E-state index in [1.54, 1.807) is 6.26 Å². The van der Waals surface area contributed by atoms with Crippen molar-refractivity contribution in [2.45, 2.75) is 13.3 Å². The summed E-state index contributed by atoms with van der Waals surface area (Å²) in [5.41, 5.74) is 7.33. The minimum atomic E-state index is -0.725. The lowest BCUT2D eigenvalue weighted by molar-refractivity contribution is 0.685. The van der Waals surface area contributed by atoms with Crippen LogP contribution in [-0.2, 0) is 10.8 Å². The summed E-state index contributed by atoms with van der Waals surface area (Å²) in [6.07, 6.45) is 2.57. The first-order valence-corrected chi connectivity index (χ1v) is 6.59. The number of nitrogens with one attached hydrogen (secondary N) is 1. The number of hydrogen-bond acceptors (Lipinski definition) is 4. The van der Waals surface area contributed by atoms with Crippen molar-refractivity contribution in [2.24, 2.45) is 0 Å². The van der Waals surface area contributed by atoms with Crippen molar-refractivity contribution in [1.29, 1.82) is 0 Å². The maximum atomic E-state index is 10.8. The fourth-order valence-electron chi connectivity index (χ4n) is 1.19. The maximum absolute atomic E-state index is 10.8. The Labute approximate surface area is 92.7 Å². The third kappa shape index (κ3) is 4.29. The van der Waals surface area contributed by atoms with Crippen LogP contribution in [0.25, 0.3) is 0 Å². The molecule has 0 spiro atoms. The fourth-order valence-corrected chi connectivity index (χ4v) is 1.74. The highest BCUT2D eigenvalue weighted by Gasteiger charge is 2.00. The molecule has 0 aliphatic heterocycles. The molecule has 0 aliphatic rings. The summed E-state index contributed by atoms with van der Waals surface area (Å²) in [5.74, 6) is 1.43. The molecule has 1 aromatic heterocycles. The third-order valence-electron chi connectivity index (χ3n) is 1.97. The molecule has 0 amide bonds. The summed E-state index contributed by atoms with van der Waals surface area (Å²) in [4.78, 5) is 4.28. The number of hydrogen-bond donors (Lipinski definition) is 2. The summed E-state index contributed by atoms with van der Waals surface area (Å²) in [6, 6.07) is 3.71. The van der Waals surface area contributed by atoms with Crippen molar-refractivity contribution in [3.05, 3.63) is 17.8 Å². The number of nitrogens with two attached hydrogens (primary N) is 1. The van der Waals surface area contributed by atoms with Crippen molar-refractivity contribution in [1.82, 2.24) is 4.98 Å². The number of aromatic nitrogens is 1. The topological polar surface area (TPSA) is 68.0 Å². The van der Waals surface area contributed by atoms with Gasteiger partial charge in [-0.05, 0) is 25.5 Å². The Morgan fingerprint density at radius 1 is 1.53 bits per heavy atom. The number of nitrogen functional groups attached to an aromatic ring is 1. The Kier molecular flexibility index (Phi) is 4.55. The monoisotopic (exact) mass is 227 g/mol. The lowest BCUT2D eigenvalue weighted by atomic mass is 10.3. The standard InChI is InChI=1S/C10H17N3OS/c1-8-4-5-9(11)10(13-8)12-6-3-7-15(2)14/h4-5H,3,6-7,11H2,1-2H3,(H,12,13). The summed E-state index contributed by atoms with van der Waals surface area (Å²) in [5, 5.41) is 3.14. The van der Waals surface area contributed by atoms with Crippen molar-refractivity contribution >= 4 is 22.3 Å². The second-order valence-electron chi connectivity index (χ2n) is 3.45. The number of aryl methyl sites for hydroxylation is 1. The van der Waals surface area contributed by atoms with Crippen LogP contribution in [0.2, 0.25) is 0 Å². The van der Waals surface area contributed by atoms with Crippen LogP contribution in [0.4, 0.5) is 11.5 Å². The zero-order valence-electron chi connectivity index (χ0n) is 9.12. The Bertz CT molecular complexity index is 355. The van der Waals surface area contributed by atoms with Crippen molar-refractivity contribution in [3.63, 3.8) is 0 Å². The van der Waals surface area contributed by atoms with Gasteiger partial charge in [-0.3, -0.25) is 4.21 Å². The van der Waals surface area contributed by atoms with Gasteiger partial charge in [0.1, 0.15) is 5.82 Å². The van der Waals surface area contributed by atoms with E-state index in [9.17, 15) is 4.21 Å². The molecule has 0 aromatic carbocycles. The van der Waals surface area contributed by atoms with E-state index in [0.29, 0.717) is 11.4 Å². The molecule has 5 heteroatoms. The van der Waals surface area contributed by atoms with Crippen molar-refractivity contribution in [3.8, 4) is 0 Å². The molecular weight excluding hydrogens is 210 g/mol. The van der Waals surface area contributed by atoms with Crippen LogP contribution in [0.1, 0.15) is 12.1 Å². The van der Waals surface area contributed by atoms with Crippen LogP contribution < -0.4 is 11.1 Å². The van der Waals surface area contributed by atoms with Crippen LogP contribution in [0.15, 0.2) is 12.1 Å². The Morgan fingerprint density at radius 3 is 2.93 bits per heavy atom. The summed E-state index contributed by atoms with van der Waals surface area (Å²) in [7, 11) is -0.725. The van der Waals surface area contributed by atoms with Crippen LogP contribution in [-0.4, -0.2) is 27.7 Å². The zero-order chi connectivity index (χ0) is 11.3. The van der Waals surface area contributed by atoms with Gasteiger partial charge < -0.3 is 11.1 Å². The molecule has 0 aliphatic carbocycles. The van der Waals surface area contributed by atoms with Gasteiger partial charge in [0, 0.05) is 35.0 Å². The van der Waals surface area contributed by atoms with E-state index >= 15 is 0 Å². The van der Waals surface area contributed by atoms with Gasteiger partial charge >= 0.3 is 0 Å². The molecule has 1 rings (SSSR count). The highest BCUT2D eigenvalue weighted by molar-refractivity contribution is 7.84. The van der Waals surface area contributed by atoms with E-state index in [-0.39, 0.29) is 0 Å². The second kappa shape index (κ2) is 5.70. The molecule has 1 aromatic rings. The summed E-state index contributed by atoms with van der Waals surface area (Å²) < 4.78 is 10.8. The molecule has 1 atom stereocenters. The molecular formula is C10H17N3OS. The van der Waals surface area contributed by atoms with Crippen LogP contribution in [0.3, 0.4) is 0 Å². The summed E-state index contributed by atoms with van der Waals surface area (Å²) >= 11 is 0. The molecule has 84 valence electrons. The number of rotatable bonds is 5. The smallest absolute Gasteiger partial charge is 0.149 e. The van der Waals surface area contributed by atoms with E-state index in [1.165, 1.54) is 0 Å². The molecule has 0 saturated carbocycles. The van der Waals surface area contributed by atoms with Gasteiger partial charge in [0.25, 0.3) is 0 Å².